The van der Waals surface area contributed by atoms with Gasteiger partial charge in [0.15, 0.2) is 0 Å². The summed E-state index contributed by atoms with van der Waals surface area (Å²) in [5.41, 5.74) is 4.14. The average Bonchev–Trinajstić information content (AvgIpc) is 3.51. The largest absolute Gasteiger partial charge is 0.497 e. The van der Waals surface area contributed by atoms with Crippen LogP contribution in [0.1, 0.15) is 24.6 Å². The molecule has 0 N–H and O–H groups in total. The Labute approximate surface area is 170 Å². The summed E-state index contributed by atoms with van der Waals surface area (Å²) in [5.74, 6) is 1.43. The Morgan fingerprint density at radius 1 is 1.10 bits per heavy atom. The molecule has 1 aliphatic heterocycles. The molecule has 2 aliphatic rings. The first-order valence-electron chi connectivity index (χ1n) is 10.3. The Hall–Kier alpha value is -2.86. The molecule has 6 heteroatoms. The number of hydrogen-bond acceptors (Lipinski definition) is 4. The molecule has 0 radical (unpaired) electrons. The van der Waals surface area contributed by atoms with Crippen molar-refractivity contribution in [1.29, 1.82) is 0 Å². The van der Waals surface area contributed by atoms with Crippen molar-refractivity contribution < 1.29 is 9.53 Å². The maximum absolute atomic E-state index is 12.6. The number of pyridine rings is 1. The Morgan fingerprint density at radius 3 is 2.62 bits per heavy atom. The van der Waals surface area contributed by atoms with Gasteiger partial charge in [-0.15, -0.1) is 0 Å². The normalized spacial score (nSPS) is 20.2. The Morgan fingerprint density at radius 2 is 1.90 bits per heavy atom. The van der Waals surface area contributed by atoms with E-state index in [9.17, 15) is 4.79 Å². The summed E-state index contributed by atoms with van der Waals surface area (Å²) in [7, 11) is 3.80. The van der Waals surface area contributed by atoms with E-state index in [4.69, 9.17) is 9.72 Å². The zero-order valence-corrected chi connectivity index (χ0v) is 16.9. The second-order valence-corrected chi connectivity index (χ2v) is 8.09. The number of ether oxygens (including phenoxy) is 1. The van der Waals surface area contributed by atoms with E-state index in [1.54, 1.807) is 7.11 Å². The van der Waals surface area contributed by atoms with Gasteiger partial charge >= 0.3 is 0 Å². The van der Waals surface area contributed by atoms with Crippen molar-refractivity contribution in [3.8, 4) is 17.0 Å². The minimum Gasteiger partial charge on any atom is -0.497 e. The van der Waals surface area contributed by atoms with Gasteiger partial charge in [0.1, 0.15) is 11.4 Å². The standard InChI is InChI=1S/C23H26N4O2/c1-25-12-13-26(23(28)17-6-7-17)15-21(25)19-14-27-20(4-3-5-22(27)24-19)16-8-10-18(29-2)11-9-16/h3-5,8-11,14,17,21H,6-7,12-13,15H2,1-2H3. The Bertz CT molecular complexity index is 1040. The molecule has 1 unspecified atom stereocenters. The van der Waals surface area contributed by atoms with E-state index in [0.29, 0.717) is 12.5 Å². The topological polar surface area (TPSA) is 50.1 Å². The summed E-state index contributed by atoms with van der Waals surface area (Å²) in [4.78, 5) is 21.8. The predicted octanol–water partition coefficient (Wildman–Crippen LogP) is 3.24. The lowest BCUT2D eigenvalue weighted by molar-refractivity contribution is -0.135. The lowest BCUT2D eigenvalue weighted by Crippen LogP contribution is -2.49. The van der Waals surface area contributed by atoms with Crippen molar-refractivity contribution in [2.45, 2.75) is 18.9 Å². The number of carbonyl (C=O) groups excluding carboxylic acids is 1. The average molecular weight is 390 g/mol. The molecule has 1 aliphatic carbocycles. The molecule has 1 saturated heterocycles. The number of hydrogen-bond donors (Lipinski definition) is 0. The van der Waals surface area contributed by atoms with Crippen LogP contribution in [-0.2, 0) is 4.79 Å². The molecule has 3 aromatic rings. The summed E-state index contributed by atoms with van der Waals surface area (Å²) in [6.45, 7) is 2.41. The molecular formula is C23H26N4O2. The molecule has 5 rings (SSSR count). The van der Waals surface area contributed by atoms with Crippen LogP contribution in [0.25, 0.3) is 16.9 Å². The van der Waals surface area contributed by atoms with Crippen molar-refractivity contribution in [2.75, 3.05) is 33.8 Å². The molecule has 1 saturated carbocycles. The number of carbonyl (C=O) groups is 1. The van der Waals surface area contributed by atoms with Crippen molar-refractivity contribution in [3.05, 3.63) is 54.4 Å². The van der Waals surface area contributed by atoms with Crippen LogP contribution in [0.2, 0.25) is 0 Å². The Balaban J connectivity index is 1.48. The number of methoxy groups -OCH3 is 1. The van der Waals surface area contributed by atoms with Crippen LogP contribution in [0.4, 0.5) is 0 Å². The van der Waals surface area contributed by atoms with Crippen LogP contribution >= 0.6 is 0 Å². The molecular weight excluding hydrogens is 364 g/mol. The molecule has 1 atom stereocenters. The molecule has 1 amide bonds. The summed E-state index contributed by atoms with van der Waals surface area (Å²) >= 11 is 0. The number of benzene rings is 1. The third kappa shape index (κ3) is 3.38. The fourth-order valence-electron chi connectivity index (χ4n) is 4.17. The van der Waals surface area contributed by atoms with Crippen molar-refractivity contribution in [1.82, 2.24) is 19.2 Å². The summed E-state index contributed by atoms with van der Waals surface area (Å²) in [6.07, 6.45) is 4.23. The summed E-state index contributed by atoms with van der Waals surface area (Å²) in [6, 6.07) is 14.4. The van der Waals surface area contributed by atoms with Gasteiger partial charge in [0, 0.05) is 31.7 Å². The highest BCUT2D eigenvalue weighted by molar-refractivity contribution is 5.81. The maximum atomic E-state index is 12.6. The van der Waals surface area contributed by atoms with Crippen molar-refractivity contribution >= 4 is 11.6 Å². The minimum atomic E-state index is 0.120. The molecule has 150 valence electrons. The second-order valence-electron chi connectivity index (χ2n) is 8.09. The first kappa shape index (κ1) is 18.2. The third-order valence-corrected chi connectivity index (χ3v) is 6.12. The quantitative estimate of drug-likeness (QED) is 0.686. The van der Waals surface area contributed by atoms with Crippen LogP contribution in [0.3, 0.4) is 0 Å². The van der Waals surface area contributed by atoms with Gasteiger partial charge in [-0.1, -0.05) is 6.07 Å². The van der Waals surface area contributed by atoms with E-state index in [-0.39, 0.29) is 12.0 Å². The smallest absolute Gasteiger partial charge is 0.225 e. The highest BCUT2D eigenvalue weighted by atomic mass is 16.5. The fourth-order valence-corrected chi connectivity index (χ4v) is 4.17. The number of amides is 1. The maximum Gasteiger partial charge on any atom is 0.225 e. The van der Waals surface area contributed by atoms with Crippen LogP contribution in [-0.4, -0.2) is 58.9 Å². The highest BCUT2D eigenvalue weighted by Crippen LogP contribution is 2.33. The fraction of sp³-hybridized carbons (Fsp3) is 0.391. The number of nitrogens with zero attached hydrogens (tertiary/aromatic N) is 4. The molecule has 0 bridgehead atoms. The van der Waals surface area contributed by atoms with Crippen LogP contribution in [0, 0.1) is 5.92 Å². The van der Waals surface area contributed by atoms with E-state index in [0.717, 1.165) is 54.3 Å². The van der Waals surface area contributed by atoms with E-state index in [1.165, 1.54) is 0 Å². The van der Waals surface area contributed by atoms with Crippen molar-refractivity contribution in [3.63, 3.8) is 0 Å². The van der Waals surface area contributed by atoms with Gasteiger partial charge < -0.3 is 9.64 Å². The van der Waals surface area contributed by atoms with Crippen LogP contribution < -0.4 is 4.74 Å². The number of rotatable bonds is 4. The summed E-state index contributed by atoms with van der Waals surface area (Å²) < 4.78 is 7.43. The molecule has 29 heavy (non-hydrogen) atoms. The van der Waals surface area contributed by atoms with Gasteiger partial charge in [-0.2, -0.15) is 0 Å². The van der Waals surface area contributed by atoms with Gasteiger partial charge in [0.25, 0.3) is 0 Å². The van der Waals surface area contributed by atoms with E-state index in [1.807, 2.05) is 29.2 Å². The monoisotopic (exact) mass is 390 g/mol. The second kappa shape index (κ2) is 7.19. The van der Waals surface area contributed by atoms with Gasteiger partial charge in [-0.25, -0.2) is 4.98 Å². The number of likely N-dealkylation sites (N-methyl/N-ethyl adjacent to an activating group) is 1. The molecule has 3 heterocycles. The Kier molecular flexibility index (Phi) is 4.51. The molecule has 1 aromatic carbocycles. The van der Waals surface area contributed by atoms with Gasteiger partial charge in [-0.05, 0) is 61.9 Å². The number of piperazine rings is 1. The van der Waals surface area contributed by atoms with Crippen molar-refractivity contribution in [2.24, 2.45) is 5.92 Å². The number of fused-ring (bicyclic) bond motifs is 1. The zero-order chi connectivity index (χ0) is 20.0. The highest BCUT2D eigenvalue weighted by Gasteiger charge is 2.37. The lowest BCUT2D eigenvalue weighted by Gasteiger charge is -2.38. The minimum absolute atomic E-state index is 0.120. The first-order valence-corrected chi connectivity index (χ1v) is 10.3. The molecule has 2 aromatic heterocycles. The van der Waals surface area contributed by atoms with E-state index < -0.39 is 0 Å². The molecule has 2 fully saturated rings. The van der Waals surface area contributed by atoms with E-state index >= 15 is 0 Å². The summed E-state index contributed by atoms with van der Waals surface area (Å²) in [5, 5.41) is 0. The SMILES string of the molecule is COc1ccc(-c2cccc3nc(C4CN(C(=O)C5CC5)CCN4C)cn23)cc1. The molecule has 6 nitrogen and oxygen atoms in total. The number of imidazole rings is 1. The first-order chi connectivity index (χ1) is 14.1. The van der Waals surface area contributed by atoms with Gasteiger partial charge in [-0.3, -0.25) is 14.1 Å². The van der Waals surface area contributed by atoms with Crippen LogP contribution in [0.5, 0.6) is 5.75 Å². The molecule has 0 spiro atoms. The zero-order valence-electron chi connectivity index (χ0n) is 16.9. The van der Waals surface area contributed by atoms with Gasteiger partial charge in [0.2, 0.25) is 5.91 Å². The van der Waals surface area contributed by atoms with E-state index in [2.05, 4.69) is 40.7 Å². The number of aromatic nitrogens is 2. The predicted molar refractivity (Wildman–Crippen MR) is 112 cm³/mol. The van der Waals surface area contributed by atoms with Crippen LogP contribution in [0.15, 0.2) is 48.7 Å². The lowest BCUT2D eigenvalue weighted by atomic mass is 10.1. The van der Waals surface area contributed by atoms with Gasteiger partial charge in [0.05, 0.1) is 24.5 Å². The third-order valence-electron chi connectivity index (χ3n) is 6.12.